The van der Waals surface area contributed by atoms with E-state index in [4.69, 9.17) is 0 Å². The number of allylic oxidation sites excluding steroid dienone is 2. The van der Waals surface area contributed by atoms with E-state index in [1.807, 2.05) is 0 Å². The van der Waals surface area contributed by atoms with Crippen molar-refractivity contribution in [2.45, 2.75) is 321 Å². The summed E-state index contributed by atoms with van der Waals surface area (Å²) in [4.78, 5) is 12.5. The molecular weight excluding hydrogens is 727 g/mol. The zero-order chi connectivity index (χ0) is 43.0. The molecule has 3 unspecified atom stereocenters. The minimum absolute atomic E-state index is 0.141. The van der Waals surface area contributed by atoms with Crippen LogP contribution in [0.2, 0.25) is 0 Å². The van der Waals surface area contributed by atoms with Gasteiger partial charge in [-0.3, -0.25) is 4.79 Å². The van der Waals surface area contributed by atoms with Gasteiger partial charge in [0.2, 0.25) is 5.91 Å². The van der Waals surface area contributed by atoms with Crippen molar-refractivity contribution in [1.82, 2.24) is 5.32 Å². The van der Waals surface area contributed by atoms with Gasteiger partial charge in [0.1, 0.15) is 6.10 Å². The van der Waals surface area contributed by atoms with E-state index in [-0.39, 0.29) is 12.5 Å². The van der Waals surface area contributed by atoms with Crippen LogP contribution in [0.25, 0.3) is 0 Å². The Labute approximate surface area is 369 Å². The van der Waals surface area contributed by atoms with Crippen LogP contribution >= 0.6 is 0 Å². The molecule has 0 saturated carbocycles. The van der Waals surface area contributed by atoms with Crippen molar-refractivity contribution < 1.29 is 20.1 Å². The Hall–Kier alpha value is -0.910. The second-order valence-corrected chi connectivity index (χ2v) is 18.8. The zero-order valence-corrected chi connectivity index (χ0v) is 40.2. The average Bonchev–Trinajstić information content (AvgIpc) is 3.24. The number of rotatable bonds is 50. The molecule has 0 spiro atoms. The standard InChI is InChI=1S/C54H107NO4/c1-3-5-7-9-11-13-15-17-19-21-23-24-25-26-27-28-29-31-33-35-37-39-41-43-45-47-49-53(58)55-51(50-56)54(59)52(57)48-46-44-42-40-38-36-34-32-30-22-20-18-16-14-12-10-8-6-4-2/h26-27,51-52,54,56-57,59H,3-25,28-50H2,1-2H3,(H,55,58)/b27-26-. The third-order valence-electron chi connectivity index (χ3n) is 12.9. The van der Waals surface area contributed by atoms with E-state index in [0.717, 1.165) is 32.1 Å². The number of hydrogen-bond donors (Lipinski definition) is 4. The molecule has 0 aliphatic carbocycles. The number of aliphatic hydroxyl groups is 3. The molecular formula is C54H107NO4. The molecule has 5 heteroatoms. The second-order valence-electron chi connectivity index (χ2n) is 18.8. The first kappa shape index (κ1) is 58.1. The number of carbonyl (C=O) groups is 1. The van der Waals surface area contributed by atoms with Gasteiger partial charge in [-0.15, -0.1) is 0 Å². The smallest absolute Gasteiger partial charge is 0.220 e. The summed E-state index contributed by atoms with van der Waals surface area (Å²) < 4.78 is 0. The lowest BCUT2D eigenvalue weighted by Crippen LogP contribution is -2.50. The van der Waals surface area contributed by atoms with Crippen molar-refractivity contribution in [3.8, 4) is 0 Å². The fraction of sp³-hybridized carbons (Fsp3) is 0.944. The fourth-order valence-corrected chi connectivity index (χ4v) is 8.69. The first-order valence-electron chi connectivity index (χ1n) is 27.0. The van der Waals surface area contributed by atoms with E-state index in [0.29, 0.717) is 12.8 Å². The topological polar surface area (TPSA) is 89.8 Å². The summed E-state index contributed by atoms with van der Waals surface area (Å²) in [5.74, 6) is -0.141. The van der Waals surface area contributed by atoms with Crippen LogP contribution in [0.15, 0.2) is 12.2 Å². The third-order valence-corrected chi connectivity index (χ3v) is 12.9. The molecule has 1 amide bonds. The predicted octanol–water partition coefficient (Wildman–Crippen LogP) is 16.3. The number of carbonyl (C=O) groups excluding carboxylic acids is 1. The lowest BCUT2D eigenvalue weighted by atomic mass is 9.99. The Bertz CT molecular complexity index is 833. The van der Waals surface area contributed by atoms with Crippen molar-refractivity contribution in [1.29, 1.82) is 0 Å². The van der Waals surface area contributed by atoms with Crippen molar-refractivity contribution in [2.24, 2.45) is 0 Å². The molecule has 59 heavy (non-hydrogen) atoms. The van der Waals surface area contributed by atoms with Crippen molar-refractivity contribution >= 4 is 5.91 Å². The van der Waals surface area contributed by atoms with Crippen molar-refractivity contribution in [3.63, 3.8) is 0 Å². The summed E-state index contributed by atoms with van der Waals surface area (Å²) >= 11 is 0. The molecule has 0 aromatic heterocycles. The van der Waals surface area contributed by atoms with Gasteiger partial charge in [0.15, 0.2) is 0 Å². The van der Waals surface area contributed by atoms with E-state index >= 15 is 0 Å². The maximum atomic E-state index is 12.5. The molecule has 3 atom stereocenters. The Balaban J connectivity index is 3.53. The SMILES string of the molecule is CCCCCCCCCCCCCC/C=C\CCCCCCCCCCCCC(=O)NC(CO)C(O)C(O)CCCCCCCCCCCCCCCCCCCCC. The Morgan fingerprint density at radius 1 is 0.407 bits per heavy atom. The number of nitrogens with one attached hydrogen (secondary N) is 1. The average molecular weight is 834 g/mol. The highest BCUT2D eigenvalue weighted by Gasteiger charge is 2.26. The number of aliphatic hydroxyl groups excluding tert-OH is 3. The molecule has 0 rings (SSSR count). The maximum absolute atomic E-state index is 12.5. The lowest BCUT2D eigenvalue weighted by Gasteiger charge is -2.26. The van der Waals surface area contributed by atoms with Gasteiger partial charge in [-0.2, -0.15) is 0 Å². The number of unbranched alkanes of at least 4 members (excludes halogenated alkanes) is 40. The molecule has 0 aliphatic heterocycles. The lowest BCUT2D eigenvalue weighted by molar-refractivity contribution is -0.124. The summed E-state index contributed by atoms with van der Waals surface area (Å²) in [5.41, 5.74) is 0. The molecule has 352 valence electrons. The molecule has 0 aromatic carbocycles. The van der Waals surface area contributed by atoms with Gasteiger partial charge in [-0.05, 0) is 38.5 Å². The third kappa shape index (κ3) is 44.9. The van der Waals surface area contributed by atoms with Gasteiger partial charge in [0, 0.05) is 6.42 Å². The molecule has 0 aliphatic rings. The fourth-order valence-electron chi connectivity index (χ4n) is 8.69. The van der Waals surface area contributed by atoms with Gasteiger partial charge in [-0.1, -0.05) is 270 Å². The highest BCUT2D eigenvalue weighted by Crippen LogP contribution is 2.18. The Kier molecular flexibility index (Phi) is 49.0. The largest absolute Gasteiger partial charge is 0.394 e. The summed E-state index contributed by atoms with van der Waals surface area (Å²) in [7, 11) is 0. The molecule has 0 bridgehead atoms. The van der Waals surface area contributed by atoms with Crippen LogP contribution in [0.5, 0.6) is 0 Å². The minimum atomic E-state index is -1.13. The Morgan fingerprint density at radius 3 is 0.983 bits per heavy atom. The van der Waals surface area contributed by atoms with Crippen LogP contribution in [0.4, 0.5) is 0 Å². The maximum Gasteiger partial charge on any atom is 0.220 e. The summed E-state index contributed by atoms with van der Waals surface area (Å²) in [6.07, 6.45) is 60.7. The molecule has 0 saturated heterocycles. The number of hydrogen-bond acceptors (Lipinski definition) is 4. The summed E-state index contributed by atoms with van der Waals surface area (Å²) in [6, 6.07) is -0.807. The van der Waals surface area contributed by atoms with Crippen LogP contribution in [-0.4, -0.2) is 46.1 Å². The van der Waals surface area contributed by atoms with Gasteiger partial charge in [0.05, 0.1) is 18.8 Å². The molecule has 0 aromatic rings. The van der Waals surface area contributed by atoms with Crippen LogP contribution in [-0.2, 0) is 4.79 Å². The monoisotopic (exact) mass is 834 g/mol. The summed E-state index contributed by atoms with van der Waals surface area (Å²) in [5, 5.41) is 33.7. The van der Waals surface area contributed by atoms with Gasteiger partial charge >= 0.3 is 0 Å². The molecule has 0 radical (unpaired) electrons. The van der Waals surface area contributed by atoms with E-state index in [2.05, 4.69) is 31.3 Å². The van der Waals surface area contributed by atoms with Crippen LogP contribution in [0, 0.1) is 0 Å². The van der Waals surface area contributed by atoms with Gasteiger partial charge in [-0.25, -0.2) is 0 Å². The van der Waals surface area contributed by atoms with Crippen molar-refractivity contribution in [2.75, 3.05) is 6.61 Å². The van der Waals surface area contributed by atoms with E-state index in [1.54, 1.807) is 0 Å². The quantitative estimate of drug-likeness (QED) is 0.0363. The normalized spacial score (nSPS) is 13.4. The minimum Gasteiger partial charge on any atom is -0.394 e. The molecule has 0 fully saturated rings. The first-order valence-corrected chi connectivity index (χ1v) is 27.0. The number of amides is 1. The van der Waals surface area contributed by atoms with Crippen molar-refractivity contribution in [3.05, 3.63) is 12.2 Å². The Morgan fingerprint density at radius 2 is 0.678 bits per heavy atom. The van der Waals surface area contributed by atoms with E-state index in [1.165, 1.54) is 244 Å². The molecule has 5 nitrogen and oxygen atoms in total. The molecule has 4 N–H and O–H groups in total. The first-order chi connectivity index (χ1) is 29.1. The van der Waals surface area contributed by atoms with Gasteiger partial charge in [0.25, 0.3) is 0 Å². The predicted molar refractivity (Wildman–Crippen MR) is 259 cm³/mol. The summed E-state index contributed by atoms with van der Waals surface area (Å²) in [6.45, 7) is 4.22. The van der Waals surface area contributed by atoms with Gasteiger partial charge < -0.3 is 20.6 Å². The highest BCUT2D eigenvalue weighted by atomic mass is 16.3. The van der Waals surface area contributed by atoms with E-state index < -0.39 is 18.2 Å². The van der Waals surface area contributed by atoms with Crippen LogP contribution < -0.4 is 5.32 Å². The van der Waals surface area contributed by atoms with Crippen LogP contribution in [0.3, 0.4) is 0 Å². The molecule has 0 heterocycles. The van der Waals surface area contributed by atoms with Crippen LogP contribution in [0.1, 0.15) is 303 Å². The zero-order valence-electron chi connectivity index (χ0n) is 40.2. The highest BCUT2D eigenvalue weighted by molar-refractivity contribution is 5.76. The second kappa shape index (κ2) is 49.7. The van der Waals surface area contributed by atoms with E-state index in [9.17, 15) is 20.1 Å².